The number of nitrogens with two attached hydrogens (primary N) is 1. The monoisotopic (exact) mass is 800 g/mol. The van der Waals surface area contributed by atoms with Gasteiger partial charge in [0.15, 0.2) is 0 Å². The molecule has 0 rings (SSSR count). The van der Waals surface area contributed by atoms with Gasteiger partial charge < -0.3 is 20.1 Å². The summed E-state index contributed by atoms with van der Waals surface area (Å²) in [7, 11) is -4.27. The third-order valence-corrected chi connectivity index (χ3v) is 11.1. The number of phosphoric acid groups is 1. The lowest BCUT2D eigenvalue weighted by Crippen LogP contribution is -2.28. The van der Waals surface area contributed by atoms with Crippen LogP contribution in [0.3, 0.4) is 0 Å². The molecule has 0 aliphatic rings. The highest BCUT2D eigenvalue weighted by Crippen LogP contribution is 2.43. The van der Waals surface area contributed by atoms with Gasteiger partial charge in [0.25, 0.3) is 0 Å². The van der Waals surface area contributed by atoms with Crippen LogP contribution in [0.15, 0.2) is 24.3 Å². The van der Waals surface area contributed by atoms with Gasteiger partial charge in [-0.05, 0) is 44.9 Å². The normalized spacial score (nSPS) is 13.6. The molecule has 0 aromatic carbocycles. The van der Waals surface area contributed by atoms with Crippen molar-refractivity contribution in [2.75, 3.05) is 33.0 Å². The van der Waals surface area contributed by atoms with E-state index in [9.17, 15) is 14.3 Å². The van der Waals surface area contributed by atoms with E-state index in [1.807, 2.05) is 0 Å². The summed E-state index contributed by atoms with van der Waals surface area (Å²) in [4.78, 5) is 22.5. The standard InChI is InChI=1S/C46H90NO7P/c1-3-5-7-9-11-13-15-17-18-19-20-21-22-23-24-25-26-27-29-31-33-35-37-39-46(48)54-45(44-53-55(49,50)52-42-40-47)43-51-41-38-36-34-32-30-28-16-14-12-10-8-6-4-2/h15,17,19-20,45H,3-14,16,18,21-44,47H2,1-2H3,(H,49,50)/b17-15-,20-19-. The minimum absolute atomic E-state index is 0.0935. The Balaban J connectivity index is 3.93. The first-order valence-corrected chi connectivity index (χ1v) is 24.8. The molecule has 55 heavy (non-hydrogen) atoms. The summed E-state index contributed by atoms with van der Waals surface area (Å²) in [5.41, 5.74) is 5.37. The van der Waals surface area contributed by atoms with E-state index in [1.165, 1.54) is 167 Å². The number of hydrogen-bond donors (Lipinski definition) is 2. The van der Waals surface area contributed by atoms with E-state index in [0.717, 1.165) is 38.5 Å². The molecule has 0 amide bonds. The van der Waals surface area contributed by atoms with E-state index in [1.54, 1.807) is 0 Å². The van der Waals surface area contributed by atoms with Gasteiger partial charge in [0.1, 0.15) is 6.10 Å². The molecule has 0 aromatic rings. The molecular weight excluding hydrogens is 709 g/mol. The Bertz CT molecular complexity index is 900. The Labute approximate surface area is 340 Å². The quantitative estimate of drug-likeness (QED) is 0.0271. The maximum atomic E-state index is 12.6. The summed E-state index contributed by atoms with van der Waals surface area (Å²) in [5.74, 6) is -0.329. The number of rotatable bonds is 45. The summed E-state index contributed by atoms with van der Waals surface area (Å²) < 4.78 is 33.5. The summed E-state index contributed by atoms with van der Waals surface area (Å²) in [6.45, 7) is 4.95. The molecule has 326 valence electrons. The van der Waals surface area contributed by atoms with E-state index in [2.05, 4.69) is 38.2 Å². The van der Waals surface area contributed by atoms with Gasteiger partial charge in [-0.15, -0.1) is 0 Å². The molecule has 0 saturated heterocycles. The molecule has 2 atom stereocenters. The first-order chi connectivity index (χ1) is 26.9. The fraction of sp³-hybridized carbons (Fsp3) is 0.891. The molecule has 0 saturated carbocycles. The van der Waals surface area contributed by atoms with Gasteiger partial charge in [-0.2, -0.15) is 0 Å². The molecule has 0 aliphatic heterocycles. The van der Waals surface area contributed by atoms with Gasteiger partial charge in [0.2, 0.25) is 0 Å². The number of hydrogen-bond acceptors (Lipinski definition) is 7. The molecule has 0 spiro atoms. The number of phosphoric ester groups is 1. The summed E-state index contributed by atoms with van der Waals surface area (Å²) in [6, 6.07) is 0. The van der Waals surface area contributed by atoms with Crippen molar-refractivity contribution in [1.82, 2.24) is 0 Å². The van der Waals surface area contributed by atoms with Crippen molar-refractivity contribution in [2.24, 2.45) is 5.73 Å². The highest BCUT2D eigenvalue weighted by atomic mass is 31.2. The minimum Gasteiger partial charge on any atom is -0.457 e. The predicted octanol–water partition coefficient (Wildman–Crippen LogP) is 14.0. The largest absolute Gasteiger partial charge is 0.472 e. The smallest absolute Gasteiger partial charge is 0.457 e. The predicted molar refractivity (Wildman–Crippen MR) is 233 cm³/mol. The van der Waals surface area contributed by atoms with Gasteiger partial charge in [-0.25, -0.2) is 4.57 Å². The Morgan fingerprint density at radius 1 is 0.545 bits per heavy atom. The molecule has 0 heterocycles. The number of ether oxygens (including phenoxy) is 2. The number of carbonyl (C=O) groups is 1. The second kappa shape index (κ2) is 44.1. The fourth-order valence-electron chi connectivity index (χ4n) is 6.68. The van der Waals surface area contributed by atoms with Gasteiger partial charge in [-0.3, -0.25) is 13.8 Å². The highest BCUT2D eigenvalue weighted by Gasteiger charge is 2.25. The van der Waals surface area contributed by atoms with E-state index < -0.39 is 13.9 Å². The van der Waals surface area contributed by atoms with Crippen LogP contribution in [0.5, 0.6) is 0 Å². The van der Waals surface area contributed by atoms with Crippen LogP contribution in [0.2, 0.25) is 0 Å². The highest BCUT2D eigenvalue weighted by molar-refractivity contribution is 7.47. The summed E-state index contributed by atoms with van der Waals surface area (Å²) >= 11 is 0. The van der Waals surface area contributed by atoms with Crippen molar-refractivity contribution in [2.45, 2.75) is 232 Å². The lowest BCUT2D eigenvalue weighted by Gasteiger charge is -2.20. The molecule has 0 bridgehead atoms. The average Bonchev–Trinajstić information content (AvgIpc) is 3.17. The zero-order valence-electron chi connectivity index (χ0n) is 36.2. The van der Waals surface area contributed by atoms with E-state index in [4.69, 9.17) is 24.3 Å². The van der Waals surface area contributed by atoms with Crippen molar-refractivity contribution in [1.29, 1.82) is 0 Å². The van der Waals surface area contributed by atoms with Crippen LogP contribution in [0.25, 0.3) is 0 Å². The van der Waals surface area contributed by atoms with Crippen LogP contribution in [-0.2, 0) is 27.9 Å². The first kappa shape index (κ1) is 54.0. The van der Waals surface area contributed by atoms with Crippen LogP contribution in [0.1, 0.15) is 226 Å². The van der Waals surface area contributed by atoms with Crippen LogP contribution in [0, 0.1) is 0 Å². The number of esters is 1. The van der Waals surface area contributed by atoms with Crippen LogP contribution >= 0.6 is 7.82 Å². The SMILES string of the molecule is CCCCCCC/C=C\C/C=C\CCCCCCCCCCCCCC(=O)OC(COCCCCCCCCCCCCCCC)COP(=O)(O)OCCN. The van der Waals surface area contributed by atoms with Crippen molar-refractivity contribution in [3.05, 3.63) is 24.3 Å². The number of unbranched alkanes of at least 4 members (excludes halogenated alkanes) is 28. The van der Waals surface area contributed by atoms with Crippen molar-refractivity contribution in [3.63, 3.8) is 0 Å². The third kappa shape index (κ3) is 43.9. The molecule has 3 N–H and O–H groups in total. The van der Waals surface area contributed by atoms with Crippen LogP contribution in [0.4, 0.5) is 0 Å². The molecular formula is C46H90NO7P. The van der Waals surface area contributed by atoms with Gasteiger partial charge in [0, 0.05) is 19.6 Å². The fourth-order valence-corrected chi connectivity index (χ4v) is 7.44. The second-order valence-electron chi connectivity index (χ2n) is 15.6. The number of carbonyl (C=O) groups excluding carboxylic acids is 1. The molecule has 0 aromatic heterocycles. The topological polar surface area (TPSA) is 117 Å². The second-order valence-corrected chi connectivity index (χ2v) is 17.1. The Kier molecular flexibility index (Phi) is 43.3. The Hall–Kier alpha value is -1.02. The van der Waals surface area contributed by atoms with Crippen LogP contribution in [-0.4, -0.2) is 49.9 Å². The zero-order chi connectivity index (χ0) is 40.2. The van der Waals surface area contributed by atoms with Crippen molar-refractivity contribution in [3.8, 4) is 0 Å². The summed E-state index contributed by atoms with van der Waals surface area (Å²) in [5, 5.41) is 0. The molecule has 0 radical (unpaired) electrons. The van der Waals surface area contributed by atoms with E-state index in [0.29, 0.717) is 13.0 Å². The maximum Gasteiger partial charge on any atom is 0.472 e. The molecule has 0 aliphatic carbocycles. The van der Waals surface area contributed by atoms with Gasteiger partial charge >= 0.3 is 13.8 Å². The maximum absolute atomic E-state index is 12.6. The van der Waals surface area contributed by atoms with Gasteiger partial charge in [0.05, 0.1) is 19.8 Å². The molecule has 8 nitrogen and oxygen atoms in total. The van der Waals surface area contributed by atoms with E-state index >= 15 is 0 Å². The Morgan fingerprint density at radius 2 is 0.964 bits per heavy atom. The Morgan fingerprint density at radius 3 is 1.42 bits per heavy atom. The van der Waals surface area contributed by atoms with Crippen LogP contribution < -0.4 is 5.73 Å². The van der Waals surface area contributed by atoms with Crippen molar-refractivity contribution < 1.29 is 32.8 Å². The molecule has 2 unspecified atom stereocenters. The third-order valence-electron chi connectivity index (χ3n) is 10.1. The molecule has 0 fully saturated rings. The first-order valence-electron chi connectivity index (χ1n) is 23.3. The zero-order valence-corrected chi connectivity index (χ0v) is 37.1. The number of allylic oxidation sites excluding steroid dienone is 4. The lowest BCUT2D eigenvalue weighted by molar-refractivity contribution is -0.154. The minimum atomic E-state index is -4.27. The van der Waals surface area contributed by atoms with E-state index in [-0.39, 0.29) is 32.3 Å². The average molecular weight is 800 g/mol. The lowest BCUT2D eigenvalue weighted by atomic mass is 10.0. The summed E-state index contributed by atoms with van der Waals surface area (Å²) in [6.07, 6.45) is 49.1. The molecule has 9 heteroatoms. The van der Waals surface area contributed by atoms with Crippen molar-refractivity contribution >= 4 is 13.8 Å². The van der Waals surface area contributed by atoms with Gasteiger partial charge in [-0.1, -0.05) is 199 Å².